The Morgan fingerprint density at radius 2 is 2.06 bits per heavy atom. The Labute approximate surface area is 104 Å². The molecule has 0 saturated heterocycles. The molecule has 0 aromatic rings. The first-order chi connectivity index (χ1) is 7.94. The minimum absolute atomic E-state index is 0.0239. The van der Waals surface area contributed by atoms with Crippen LogP contribution in [0.3, 0.4) is 0 Å². The molecule has 0 spiro atoms. The van der Waals surface area contributed by atoms with E-state index < -0.39 is 6.04 Å². The third-order valence-corrected chi connectivity index (χ3v) is 4.55. The number of nitrogens with zero attached hydrogens (tertiary/aromatic N) is 1. The van der Waals surface area contributed by atoms with Gasteiger partial charge in [0.15, 0.2) is 0 Å². The number of hydrogen-bond acceptors (Lipinski definition) is 3. The first kappa shape index (κ1) is 14.5. The fourth-order valence-electron chi connectivity index (χ4n) is 3.25. The largest absolute Gasteiger partial charge is 0.381 e. The van der Waals surface area contributed by atoms with Gasteiger partial charge in [-0.25, -0.2) is 0 Å². The van der Waals surface area contributed by atoms with Crippen LogP contribution in [0.15, 0.2) is 0 Å². The monoisotopic (exact) mass is 242 g/mol. The van der Waals surface area contributed by atoms with Gasteiger partial charge in [0.2, 0.25) is 5.91 Å². The molecule has 1 rings (SSSR count). The van der Waals surface area contributed by atoms with E-state index in [9.17, 15) is 4.79 Å². The summed E-state index contributed by atoms with van der Waals surface area (Å²) < 4.78 is 5.54. The lowest BCUT2D eigenvalue weighted by atomic mass is 9.58. The highest BCUT2D eigenvalue weighted by Gasteiger charge is 2.55. The van der Waals surface area contributed by atoms with E-state index >= 15 is 0 Å². The van der Waals surface area contributed by atoms with Crippen molar-refractivity contribution < 1.29 is 9.53 Å². The van der Waals surface area contributed by atoms with Gasteiger partial charge in [0.25, 0.3) is 0 Å². The molecule has 100 valence electrons. The minimum Gasteiger partial charge on any atom is -0.381 e. The SMILES string of the molecule is CCC1(CC)C(OC)CC1N(C)C(=O)C(C)N. The number of hydrogen-bond donors (Lipinski definition) is 1. The molecule has 0 radical (unpaired) electrons. The lowest BCUT2D eigenvalue weighted by molar-refractivity contribution is -0.170. The predicted octanol–water partition coefficient (Wildman–Crippen LogP) is 1.39. The highest BCUT2D eigenvalue weighted by Crippen LogP contribution is 2.50. The van der Waals surface area contributed by atoms with Crippen molar-refractivity contribution in [2.75, 3.05) is 14.2 Å². The van der Waals surface area contributed by atoms with Crippen molar-refractivity contribution in [1.29, 1.82) is 0 Å². The molecule has 17 heavy (non-hydrogen) atoms. The first-order valence-electron chi connectivity index (χ1n) is 6.49. The van der Waals surface area contributed by atoms with Gasteiger partial charge < -0.3 is 15.4 Å². The zero-order valence-electron chi connectivity index (χ0n) is 11.7. The van der Waals surface area contributed by atoms with Gasteiger partial charge >= 0.3 is 0 Å². The van der Waals surface area contributed by atoms with Crippen molar-refractivity contribution >= 4 is 5.91 Å². The number of amides is 1. The Bertz CT molecular complexity index is 275. The summed E-state index contributed by atoms with van der Waals surface area (Å²) in [6, 6.07) is -0.158. The molecule has 4 heteroatoms. The van der Waals surface area contributed by atoms with E-state index in [0.717, 1.165) is 19.3 Å². The second-order valence-corrected chi connectivity index (χ2v) is 5.15. The summed E-state index contributed by atoms with van der Waals surface area (Å²) in [6.45, 7) is 6.09. The summed E-state index contributed by atoms with van der Waals surface area (Å²) in [4.78, 5) is 13.8. The minimum atomic E-state index is -0.423. The van der Waals surface area contributed by atoms with E-state index in [4.69, 9.17) is 10.5 Å². The average molecular weight is 242 g/mol. The lowest BCUT2D eigenvalue weighted by Crippen LogP contribution is -2.65. The number of carbonyl (C=O) groups excluding carboxylic acids is 1. The molecule has 3 atom stereocenters. The van der Waals surface area contributed by atoms with Crippen LogP contribution in [0.1, 0.15) is 40.0 Å². The molecular formula is C13H26N2O2. The van der Waals surface area contributed by atoms with Crippen LogP contribution in [-0.4, -0.2) is 43.2 Å². The molecule has 0 aliphatic heterocycles. The third-order valence-electron chi connectivity index (χ3n) is 4.55. The van der Waals surface area contributed by atoms with Crippen LogP contribution < -0.4 is 5.73 Å². The van der Waals surface area contributed by atoms with Crippen molar-refractivity contribution in [1.82, 2.24) is 4.90 Å². The molecule has 0 aromatic heterocycles. The van der Waals surface area contributed by atoms with E-state index in [2.05, 4.69) is 13.8 Å². The Balaban J connectivity index is 2.82. The Morgan fingerprint density at radius 3 is 2.41 bits per heavy atom. The molecule has 3 unspecified atom stereocenters. The summed E-state index contributed by atoms with van der Waals surface area (Å²) >= 11 is 0. The molecule has 1 aliphatic carbocycles. The van der Waals surface area contributed by atoms with E-state index in [0.29, 0.717) is 0 Å². The van der Waals surface area contributed by atoms with Crippen molar-refractivity contribution in [2.45, 2.75) is 58.2 Å². The summed E-state index contributed by atoms with van der Waals surface area (Å²) in [6.07, 6.45) is 3.26. The standard InChI is InChI=1S/C13H26N2O2/c1-6-13(7-2)10(8-11(13)17-5)15(4)12(16)9(3)14/h9-11H,6-8,14H2,1-5H3. The number of likely N-dealkylation sites (N-methyl/N-ethyl adjacent to an activating group) is 1. The molecular weight excluding hydrogens is 216 g/mol. The molecule has 1 amide bonds. The van der Waals surface area contributed by atoms with Crippen molar-refractivity contribution in [3.8, 4) is 0 Å². The number of methoxy groups -OCH3 is 1. The van der Waals surface area contributed by atoms with Crippen LogP contribution in [0.4, 0.5) is 0 Å². The van der Waals surface area contributed by atoms with Gasteiger partial charge in [-0.05, 0) is 26.2 Å². The highest BCUT2D eigenvalue weighted by molar-refractivity contribution is 5.81. The van der Waals surface area contributed by atoms with E-state index in [1.165, 1.54) is 0 Å². The quantitative estimate of drug-likeness (QED) is 0.792. The zero-order valence-corrected chi connectivity index (χ0v) is 11.7. The van der Waals surface area contributed by atoms with Crippen LogP contribution in [-0.2, 0) is 9.53 Å². The topological polar surface area (TPSA) is 55.6 Å². The van der Waals surface area contributed by atoms with E-state index in [-0.39, 0.29) is 23.5 Å². The molecule has 2 N–H and O–H groups in total. The molecule has 0 aromatic carbocycles. The third kappa shape index (κ3) is 2.20. The van der Waals surface area contributed by atoms with Gasteiger partial charge in [-0.2, -0.15) is 0 Å². The summed E-state index contributed by atoms with van der Waals surface area (Å²) in [5.41, 5.74) is 5.77. The van der Waals surface area contributed by atoms with Crippen molar-refractivity contribution in [3.63, 3.8) is 0 Å². The van der Waals surface area contributed by atoms with Gasteiger partial charge in [0.1, 0.15) is 0 Å². The van der Waals surface area contributed by atoms with Crippen molar-refractivity contribution in [3.05, 3.63) is 0 Å². The molecule has 4 nitrogen and oxygen atoms in total. The van der Waals surface area contributed by atoms with E-state index in [1.54, 1.807) is 14.0 Å². The number of carbonyl (C=O) groups is 1. The average Bonchev–Trinajstić information content (AvgIpc) is 2.29. The van der Waals surface area contributed by atoms with Crippen LogP contribution >= 0.6 is 0 Å². The number of nitrogens with two attached hydrogens (primary N) is 1. The maximum absolute atomic E-state index is 12.0. The maximum Gasteiger partial charge on any atom is 0.239 e. The fraction of sp³-hybridized carbons (Fsp3) is 0.923. The van der Waals surface area contributed by atoms with Gasteiger partial charge in [-0.3, -0.25) is 4.79 Å². The smallest absolute Gasteiger partial charge is 0.239 e. The van der Waals surface area contributed by atoms with Crippen LogP contribution in [0.5, 0.6) is 0 Å². The van der Waals surface area contributed by atoms with Gasteiger partial charge in [0, 0.05) is 25.6 Å². The number of ether oxygens (including phenoxy) is 1. The molecule has 1 aliphatic rings. The summed E-state index contributed by atoms with van der Waals surface area (Å²) in [7, 11) is 3.62. The van der Waals surface area contributed by atoms with Gasteiger partial charge in [-0.15, -0.1) is 0 Å². The normalized spacial score (nSPS) is 28.4. The van der Waals surface area contributed by atoms with Gasteiger partial charge in [-0.1, -0.05) is 13.8 Å². The second-order valence-electron chi connectivity index (χ2n) is 5.15. The number of rotatable bonds is 5. The molecule has 1 saturated carbocycles. The fourth-order valence-corrected chi connectivity index (χ4v) is 3.25. The second kappa shape index (κ2) is 5.36. The zero-order chi connectivity index (χ0) is 13.2. The lowest BCUT2D eigenvalue weighted by Gasteiger charge is -2.58. The van der Waals surface area contributed by atoms with Crippen LogP contribution in [0.2, 0.25) is 0 Å². The van der Waals surface area contributed by atoms with Crippen LogP contribution in [0.25, 0.3) is 0 Å². The highest BCUT2D eigenvalue weighted by atomic mass is 16.5. The maximum atomic E-state index is 12.0. The van der Waals surface area contributed by atoms with Gasteiger partial charge in [0.05, 0.1) is 12.1 Å². The first-order valence-corrected chi connectivity index (χ1v) is 6.49. The summed E-state index contributed by atoms with van der Waals surface area (Å²) in [5, 5.41) is 0. The molecule has 0 heterocycles. The van der Waals surface area contributed by atoms with Crippen molar-refractivity contribution in [2.24, 2.45) is 11.1 Å². The molecule has 1 fully saturated rings. The van der Waals surface area contributed by atoms with Crippen LogP contribution in [0, 0.1) is 5.41 Å². The van der Waals surface area contributed by atoms with E-state index in [1.807, 2.05) is 11.9 Å². The predicted molar refractivity (Wildman–Crippen MR) is 68.6 cm³/mol. The Morgan fingerprint density at radius 1 is 1.53 bits per heavy atom. The Hall–Kier alpha value is -0.610. The molecule has 0 bridgehead atoms. The summed E-state index contributed by atoms with van der Waals surface area (Å²) in [5.74, 6) is 0.0239. The Kier molecular flexibility index (Phi) is 4.55.